The lowest BCUT2D eigenvalue weighted by molar-refractivity contribution is 0.0948. The molecule has 1 aliphatic carbocycles. The van der Waals surface area contributed by atoms with Crippen molar-refractivity contribution in [3.05, 3.63) is 120 Å². The molecule has 0 fully saturated rings. The lowest BCUT2D eigenvalue weighted by atomic mass is 9.90. The zero-order valence-electron chi connectivity index (χ0n) is 21.9. The van der Waals surface area contributed by atoms with Crippen LogP contribution in [0.25, 0.3) is 14.5 Å². The molecule has 1 N–H and O–H groups in total. The highest BCUT2D eigenvalue weighted by Gasteiger charge is 2.42. The average molecular weight is 535 g/mol. The van der Waals surface area contributed by atoms with Crippen LogP contribution in [-0.2, 0) is 9.47 Å². The van der Waals surface area contributed by atoms with Gasteiger partial charge in [-0.1, -0.05) is 35.9 Å². The molecule has 0 amide bonds. The molecule has 0 aromatic heterocycles. The van der Waals surface area contributed by atoms with Crippen molar-refractivity contribution in [1.82, 2.24) is 0 Å². The van der Waals surface area contributed by atoms with Gasteiger partial charge >= 0.3 is 5.82 Å². The van der Waals surface area contributed by atoms with E-state index in [2.05, 4.69) is 20.6 Å². The van der Waals surface area contributed by atoms with E-state index < -0.39 is 11.2 Å². The van der Waals surface area contributed by atoms with Gasteiger partial charge in [-0.3, -0.25) is 5.41 Å². The van der Waals surface area contributed by atoms with Crippen LogP contribution in [0.3, 0.4) is 0 Å². The van der Waals surface area contributed by atoms with Gasteiger partial charge in [0.05, 0.1) is 6.57 Å². The fourth-order valence-electron chi connectivity index (χ4n) is 4.50. The third-order valence-corrected chi connectivity index (χ3v) is 6.92. The van der Waals surface area contributed by atoms with Crippen molar-refractivity contribution < 1.29 is 9.47 Å². The van der Waals surface area contributed by atoms with Crippen molar-refractivity contribution in [2.45, 2.75) is 58.2 Å². The topological polar surface area (TPSA) is 103 Å². The molecule has 0 spiro atoms. The summed E-state index contributed by atoms with van der Waals surface area (Å²) in [7, 11) is 0. The Labute approximate surface area is 233 Å². The van der Waals surface area contributed by atoms with Crippen molar-refractivity contribution in [3.8, 4) is 12.1 Å². The summed E-state index contributed by atoms with van der Waals surface area (Å²) in [5.41, 5.74) is 1.18. The quantitative estimate of drug-likeness (QED) is 0.231. The fraction of sp³-hybridized carbons (Fsp3) is 0.300. The molecule has 0 aromatic carbocycles. The molecule has 3 rings (SSSR count). The summed E-state index contributed by atoms with van der Waals surface area (Å²) < 4.78 is 11.7. The van der Waals surface area contributed by atoms with E-state index in [0.29, 0.717) is 29.0 Å². The van der Waals surface area contributed by atoms with E-state index in [9.17, 15) is 10.5 Å². The summed E-state index contributed by atoms with van der Waals surface area (Å²) in [6.45, 7) is 29.2. The predicted molar refractivity (Wildman–Crippen MR) is 146 cm³/mol. The zero-order chi connectivity index (χ0) is 29.0. The Morgan fingerprint density at radius 3 is 2.28 bits per heavy atom. The number of nitriles is 2. The molecular weight excluding hydrogens is 512 g/mol. The summed E-state index contributed by atoms with van der Waals surface area (Å²) in [4.78, 5) is 9.96. The normalized spacial score (nSPS) is 21.5. The number of nitrogens with zero attached hydrogens (tertiary/aromatic N) is 5. The Balaban J connectivity index is 2.07. The lowest BCUT2D eigenvalue weighted by Crippen LogP contribution is -2.21. The number of halogens is 1. The Morgan fingerprint density at radius 2 is 1.72 bits per heavy atom. The SMILES string of the molecule is [C-]#[N+]C([N+]#[C-])=C1OC(C)(C)C(/C=C/C2=C(Cl)C(=C/C=C3/C(C#N)=C(C(=C=N)C#N)OC3(C)C)/CCC2)=C1[N+]#[C-]. The Morgan fingerprint density at radius 1 is 1.03 bits per heavy atom. The smallest absolute Gasteiger partial charge is 0.499 e. The van der Waals surface area contributed by atoms with Crippen LogP contribution < -0.4 is 0 Å². The van der Waals surface area contributed by atoms with E-state index in [1.165, 1.54) is 0 Å². The van der Waals surface area contributed by atoms with Crippen LogP contribution in [0.1, 0.15) is 47.0 Å². The van der Waals surface area contributed by atoms with E-state index in [1.54, 1.807) is 39.8 Å². The van der Waals surface area contributed by atoms with E-state index in [1.807, 2.05) is 24.1 Å². The molecule has 3 aliphatic rings. The van der Waals surface area contributed by atoms with Gasteiger partial charge in [0.2, 0.25) is 11.5 Å². The summed E-state index contributed by atoms with van der Waals surface area (Å²) in [6.07, 6.45) is 9.43. The molecule has 0 aromatic rings. The van der Waals surface area contributed by atoms with Gasteiger partial charge in [-0.25, -0.2) is 4.85 Å². The Kier molecular flexibility index (Phi) is 8.16. The minimum absolute atomic E-state index is 0.00452. The van der Waals surface area contributed by atoms with Gasteiger partial charge in [0.15, 0.2) is 11.3 Å². The van der Waals surface area contributed by atoms with Crippen LogP contribution >= 0.6 is 11.6 Å². The molecule has 8 nitrogen and oxygen atoms in total. The maximum absolute atomic E-state index is 9.78. The molecule has 39 heavy (non-hydrogen) atoms. The van der Waals surface area contributed by atoms with Gasteiger partial charge in [0.25, 0.3) is 0 Å². The first-order valence-electron chi connectivity index (χ1n) is 11.8. The summed E-state index contributed by atoms with van der Waals surface area (Å²) >= 11 is 6.79. The second-order valence-electron chi connectivity index (χ2n) is 9.70. The maximum Gasteiger partial charge on any atom is 0.550 e. The van der Waals surface area contributed by atoms with Crippen LogP contribution in [0.5, 0.6) is 0 Å². The van der Waals surface area contributed by atoms with Crippen molar-refractivity contribution in [2.75, 3.05) is 0 Å². The molecule has 192 valence electrons. The number of nitrogens with one attached hydrogen (secondary N) is 1. The number of hydrogen-bond donors (Lipinski definition) is 1. The van der Waals surface area contributed by atoms with Gasteiger partial charge in [-0.15, -0.1) is 0 Å². The molecule has 2 aliphatic heterocycles. The van der Waals surface area contributed by atoms with Crippen LogP contribution in [0, 0.1) is 47.8 Å². The minimum atomic E-state index is -0.907. The largest absolute Gasteiger partial charge is 0.550 e. The van der Waals surface area contributed by atoms with Gasteiger partial charge in [-0.2, -0.15) is 20.2 Å². The Bertz CT molecular complexity index is 1620. The number of rotatable bonds is 4. The van der Waals surface area contributed by atoms with Gasteiger partial charge in [0.1, 0.15) is 42.1 Å². The molecule has 2 heterocycles. The third-order valence-electron chi connectivity index (χ3n) is 6.44. The average Bonchev–Trinajstić information content (AvgIpc) is 3.31. The maximum atomic E-state index is 9.78. The minimum Gasteiger partial charge on any atom is -0.499 e. The lowest BCUT2D eigenvalue weighted by Gasteiger charge is -2.22. The van der Waals surface area contributed by atoms with Crippen LogP contribution in [0.15, 0.2) is 85.8 Å². The van der Waals surface area contributed by atoms with Crippen molar-refractivity contribution in [1.29, 1.82) is 15.9 Å². The van der Waals surface area contributed by atoms with Gasteiger partial charge in [0, 0.05) is 22.0 Å². The first-order chi connectivity index (χ1) is 18.5. The molecular formula is C30H23ClN6O2. The highest BCUT2D eigenvalue weighted by atomic mass is 35.5. The van der Waals surface area contributed by atoms with Crippen molar-refractivity contribution >= 4 is 17.5 Å². The summed E-state index contributed by atoms with van der Waals surface area (Å²) in [5.74, 6) is 1.78. The van der Waals surface area contributed by atoms with E-state index >= 15 is 0 Å². The van der Waals surface area contributed by atoms with Gasteiger partial charge in [-0.05, 0) is 58.1 Å². The Hall–Kier alpha value is -5.03. The van der Waals surface area contributed by atoms with Gasteiger partial charge < -0.3 is 9.47 Å². The fourth-order valence-corrected chi connectivity index (χ4v) is 4.82. The second kappa shape index (κ2) is 11.2. The van der Waals surface area contributed by atoms with Crippen LogP contribution in [0.2, 0.25) is 0 Å². The molecule has 0 bridgehead atoms. The second-order valence-corrected chi connectivity index (χ2v) is 10.1. The third kappa shape index (κ3) is 5.34. The number of allylic oxidation sites excluding steroid dienone is 7. The first kappa shape index (κ1) is 28.5. The first-order valence-corrected chi connectivity index (χ1v) is 12.2. The molecule has 0 unspecified atom stereocenters. The highest BCUT2D eigenvalue weighted by molar-refractivity contribution is 6.32. The van der Waals surface area contributed by atoms with E-state index in [0.717, 1.165) is 17.6 Å². The molecule has 0 atom stereocenters. The zero-order valence-corrected chi connectivity index (χ0v) is 22.6. The molecule has 0 saturated carbocycles. The van der Waals surface area contributed by atoms with Crippen molar-refractivity contribution in [2.24, 2.45) is 0 Å². The number of ether oxygens (including phenoxy) is 2. The van der Waals surface area contributed by atoms with Crippen LogP contribution in [-0.4, -0.2) is 17.1 Å². The standard InChI is InChI=1S/C30H23ClN6O2/c1-29(2)22(21(17-34)26(38-29)20(15-32)16-33)13-11-18-9-8-10-19(24(18)31)12-14-23-25(35-5)27(28(36-6)37-7)39-30(23,3)4/h11-14,32H,8-10H2,1-4H3/b14-12+,18-11+,22-13-. The van der Waals surface area contributed by atoms with Crippen molar-refractivity contribution in [3.63, 3.8) is 0 Å². The van der Waals surface area contributed by atoms with E-state index in [-0.39, 0.29) is 34.2 Å². The molecule has 0 radical (unpaired) electrons. The predicted octanol–water partition coefficient (Wildman–Crippen LogP) is 7.35. The number of hydrogen-bond acceptors (Lipinski definition) is 5. The van der Waals surface area contributed by atoms with Crippen LogP contribution in [0.4, 0.5) is 0 Å². The molecule has 0 saturated heterocycles. The molecule has 9 heteroatoms. The summed E-state index contributed by atoms with van der Waals surface area (Å²) in [5, 5.41) is 27.0. The monoisotopic (exact) mass is 534 g/mol. The highest BCUT2D eigenvalue weighted by Crippen LogP contribution is 2.43. The summed E-state index contributed by atoms with van der Waals surface area (Å²) in [6, 6.07) is 3.93. The van der Waals surface area contributed by atoms with E-state index in [4.69, 9.17) is 46.2 Å².